The number of carbonyl (C=O) groups excluding carboxylic acids is 3. The zero-order chi connectivity index (χ0) is 20.7. The largest absolute Gasteiger partial charge is 0.340 e. The number of amides is 3. The van der Waals surface area contributed by atoms with Crippen LogP contribution in [-0.2, 0) is 16.1 Å². The third kappa shape index (κ3) is 5.67. The molecule has 8 nitrogen and oxygen atoms in total. The van der Waals surface area contributed by atoms with Gasteiger partial charge in [-0.05, 0) is 38.0 Å². The van der Waals surface area contributed by atoms with E-state index in [1.54, 1.807) is 28.9 Å². The van der Waals surface area contributed by atoms with E-state index in [-0.39, 0.29) is 18.4 Å². The van der Waals surface area contributed by atoms with Gasteiger partial charge >= 0.3 is 0 Å². The van der Waals surface area contributed by atoms with Crippen LogP contribution in [0.4, 0.5) is 0 Å². The summed E-state index contributed by atoms with van der Waals surface area (Å²) in [6, 6.07) is 9.78. The molecule has 2 atom stereocenters. The number of rotatable bonds is 7. The first-order valence-corrected chi connectivity index (χ1v) is 9.27. The maximum Gasteiger partial charge on any atom is 0.261 e. The van der Waals surface area contributed by atoms with Gasteiger partial charge in [0.25, 0.3) is 17.7 Å². The van der Waals surface area contributed by atoms with E-state index < -0.39 is 17.9 Å². The van der Waals surface area contributed by atoms with Crippen molar-refractivity contribution in [2.24, 2.45) is 5.92 Å². The van der Waals surface area contributed by atoms with Crippen LogP contribution in [0.25, 0.3) is 0 Å². The first kappa shape index (κ1) is 21.1. The lowest BCUT2D eigenvalue weighted by atomic mass is 9.98. The highest BCUT2D eigenvalue weighted by Crippen LogP contribution is 2.09. The molecule has 0 aliphatic rings. The minimum absolute atomic E-state index is 0.00960. The molecule has 0 aliphatic carbocycles. The van der Waals surface area contributed by atoms with Crippen molar-refractivity contribution in [3.05, 3.63) is 53.3 Å². The highest BCUT2D eigenvalue weighted by molar-refractivity contribution is 5.97. The van der Waals surface area contributed by atoms with Crippen LogP contribution in [0.15, 0.2) is 36.4 Å². The van der Waals surface area contributed by atoms with Gasteiger partial charge in [0.05, 0.1) is 5.69 Å². The van der Waals surface area contributed by atoms with E-state index in [0.29, 0.717) is 12.0 Å². The van der Waals surface area contributed by atoms with Crippen LogP contribution in [0.2, 0.25) is 0 Å². The molecule has 0 saturated carbocycles. The minimum atomic E-state index is -0.772. The lowest BCUT2D eigenvalue weighted by Crippen LogP contribution is -2.55. The van der Waals surface area contributed by atoms with Crippen LogP contribution in [0.1, 0.15) is 42.0 Å². The van der Waals surface area contributed by atoms with Crippen LogP contribution >= 0.6 is 0 Å². The zero-order valence-corrected chi connectivity index (χ0v) is 16.7. The van der Waals surface area contributed by atoms with Crippen LogP contribution in [-0.4, -0.2) is 33.5 Å². The first-order chi connectivity index (χ1) is 13.3. The van der Waals surface area contributed by atoms with Gasteiger partial charge in [-0.2, -0.15) is 5.10 Å². The number of hydrogen-bond acceptors (Lipinski definition) is 4. The number of benzene rings is 1. The summed E-state index contributed by atoms with van der Waals surface area (Å²) in [6.07, 6.45) is 0.687. The molecule has 150 valence electrons. The molecule has 8 heteroatoms. The Balaban J connectivity index is 1.96. The van der Waals surface area contributed by atoms with Gasteiger partial charge in [-0.1, -0.05) is 38.5 Å². The molecule has 3 N–H and O–H groups in total. The SMILES string of the molecule is CCC(C)C(NC(=O)c1ccccc1)C(=O)NNC(=O)Cn1nc(C)cc1C. The van der Waals surface area contributed by atoms with Crippen molar-refractivity contribution < 1.29 is 14.4 Å². The van der Waals surface area contributed by atoms with Crippen molar-refractivity contribution in [1.82, 2.24) is 25.9 Å². The molecule has 0 spiro atoms. The molecule has 0 fully saturated rings. The third-order valence-electron chi connectivity index (χ3n) is 4.54. The molecule has 0 bridgehead atoms. The Labute approximate surface area is 164 Å². The summed E-state index contributed by atoms with van der Waals surface area (Å²) in [5, 5.41) is 6.96. The molecular formula is C20H27N5O3. The maximum absolute atomic E-state index is 12.6. The van der Waals surface area contributed by atoms with Crippen LogP contribution in [0.5, 0.6) is 0 Å². The summed E-state index contributed by atoms with van der Waals surface area (Å²) in [5.74, 6) is -1.33. The van der Waals surface area contributed by atoms with Crippen LogP contribution in [0.3, 0.4) is 0 Å². The predicted octanol–water partition coefficient (Wildman–Crippen LogP) is 1.49. The summed E-state index contributed by atoms with van der Waals surface area (Å²) in [7, 11) is 0. The summed E-state index contributed by atoms with van der Waals surface area (Å²) < 4.78 is 1.56. The van der Waals surface area contributed by atoms with E-state index in [4.69, 9.17) is 0 Å². The molecule has 0 radical (unpaired) electrons. The van der Waals surface area contributed by atoms with Crippen LogP contribution < -0.4 is 16.2 Å². The van der Waals surface area contributed by atoms with E-state index in [9.17, 15) is 14.4 Å². The van der Waals surface area contributed by atoms with Crippen LogP contribution in [0, 0.1) is 19.8 Å². The number of hydrazine groups is 1. The van der Waals surface area contributed by atoms with Gasteiger partial charge in [-0.25, -0.2) is 0 Å². The standard InChI is InChI=1S/C20H27N5O3/c1-5-13(2)18(21-19(27)16-9-7-6-8-10-16)20(28)23-22-17(26)12-25-15(4)11-14(3)24-25/h6-11,13,18H,5,12H2,1-4H3,(H,21,27)(H,22,26)(H,23,28). The van der Waals surface area contributed by atoms with Crippen molar-refractivity contribution in [2.75, 3.05) is 0 Å². The fourth-order valence-corrected chi connectivity index (χ4v) is 2.74. The number of carbonyl (C=O) groups is 3. The van der Waals surface area contributed by atoms with E-state index in [1.807, 2.05) is 39.8 Å². The molecule has 0 aliphatic heterocycles. The summed E-state index contributed by atoms with van der Waals surface area (Å²) in [4.78, 5) is 37.1. The van der Waals surface area contributed by atoms with Gasteiger partial charge in [0, 0.05) is 11.3 Å². The molecule has 2 unspecified atom stereocenters. The normalized spacial score (nSPS) is 12.7. The molecule has 1 aromatic carbocycles. The molecule has 2 rings (SSSR count). The third-order valence-corrected chi connectivity index (χ3v) is 4.54. The van der Waals surface area contributed by atoms with Gasteiger partial charge < -0.3 is 5.32 Å². The smallest absolute Gasteiger partial charge is 0.261 e. The molecule has 1 heterocycles. The quantitative estimate of drug-likeness (QED) is 0.628. The van der Waals surface area contributed by atoms with Crippen molar-refractivity contribution >= 4 is 17.7 Å². The highest BCUT2D eigenvalue weighted by Gasteiger charge is 2.26. The van der Waals surface area contributed by atoms with Crippen molar-refractivity contribution in [1.29, 1.82) is 0 Å². The number of nitrogens with zero attached hydrogens (tertiary/aromatic N) is 2. The molecule has 3 amide bonds. The Morgan fingerprint density at radius 3 is 2.36 bits per heavy atom. The molecule has 0 saturated heterocycles. The number of hydrogen-bond donors (Lipinski definition) is 3. The Morgan fingerprint density at radius 1 is 1.11 bits per heavy atom. The molecule has 2 aromatic rings. The lowest BCUT2D eigenvalue weighted by Gasteiger charge is -2.23. The van der Waals surface area contributed by atoms with Gasteiger partial charge in [0.2, 0.25) is 0 Å². The van der Waals surface area contributed by atoms with E-state index in [1.165, 1.54) is 0 Å². The highest BCUT2D eigenvalue weighted by atomic mass is 16.2. The second kappa shape index (κ2) is 9.68. The number of aryl methyl sites for hydroxylation is 2. The van der Waals surface area contributed by atoms with Crippen molar-refractivity contribution in [3.63, 3.8) is 0 Å². The van der Waals surface area contributed by atoms with Gasteiger partial charge in [-0.15, -0.1) is 0 Å². The number of nitrogens with one attached hydrogen (secondary N) is 3. The van der Waals surface area contributed by atoms with Gasteiger partial charge in [0.15, 0.2) is 0 Å². The summed E-state index contributed by atoms with van der Waals surface area (Å²) in [6.45, 7) is 7.48. The topological polar surface area (TPSA) is 105 Å². The lowest BCUT2D eigenvalue weighted by molar-refractivity contribution is -0.131. The minimum Gasteiger partial charge on any atom is -0.340 e. The Kier molecular flexibility index (Phi) is 7.31. The number of aromatic nitrogens is 2. The predicted molar refractivity (Wildman–Crippen MR) is 105 cm³/mol. The Bertz CT molecular complexity index is 832. The fraction of sp³-hybridized carbons (Fsp3) is 0.400. The fourth-order valence-electron chi connectivity index (χ4n) is 2.74. The second-order valence-corrected chi connectivity index (χ2v) is 6.82. The molecule has 28 heavy (non-hydrogen) atoms. The van der Waals surface area contributed by atoms with Gasteiger partial charge in [-0.3, -0.25) is 29.9 Å². The average molecular weight is 385 g/mol. The summed E-state index contributed by atoms with van der Waals surface area (Å²) in [5.41, 5.74) is 6.93. The van der Waals surface area contributed by atoms with Crippen molar-refractivity contribution in [2.45, 2.75) is 46.7 Å². The van der Waals surface area contributed by atoms with E-state index >= 15 is 0 Å². The monoisotopic (exact) mass is 385 g/mol. The maximum atomic E-state index is 12.6. The summed E-state index contributed by atoms with van der Waals surface area (Å²) >= 11 is 0. The molecular weight excluding hydrogens is 358 g/mol. The zero-order valence-electron chi connectivity index (χ0n) is 16.7. The van der Waals surface area contributed by atoms with E-state index in [2.05, 4.69) is 21.3 Å². The van der Waals surface area contributed by atoms with Gasteiger partial charge in [0.1, 0.15) is 12.6 Å². The molecule has 1 aromatic heterocycles. The average Bonchev–Trinajstić information content (AvgIpc) is 3.00. The Morgan fingerprint density at radius 2 is 1.79 bits per heavy atom. The van der Waals surface area contributed by atoms with E-state index in [0.717, 1.165) is 11.4 Å². The second-order valence-electron chi connectivity index (χ2n) is 6.82. The van der Waals surface area contributed by atoms with Crippen molar-refractivity contribution in [3.8, 4) is 0 Å². The Hall–Kier alpha value is -3.16. The first-order valence-electron chi connectivity index (χ1n) is 9.27.